The van der Waals surface area contributed by atoms with Crippen LogP contribution in [0.2, 0.25) is 0 Å². The van der Waals surface area contributed by atoms with E-state index in [0.717, 1.165) is 25.7 Å². The third kappa shape index (κ3) is 3.28. The van der Waals surface area contributed by atoms with Gasteiger partial charge in [-0.15, -0.1) is 0 Å². The van der Waals surface area contributed by atoms with Gasteiger partial charge in [-0.25, -0.2) is 13.1 Å². The molecule has 5 heteroatoms. The molecule has 19 heavy (non-hydrogen) atoms. The Morgan fingerprint density at radius 3 is 2.37 bits per heavy atom. The maximum absolute atomic E-state index is 12.5. The molecule has 0 spiro atoms. The van der Waals surface area contributed by atoms with Crippen molar-refractivity contribution in [2.75, 3.05) is 12.4 Å². The topological polar surface area (TPSA) is 58.2 Å². The highest BCUT2D eigenvalue weighted by Crippen LogP contribution is 2.30. The summed E-state index contributed by atoms with van der Waals surface area (Å²) in [5, 5.41) is 2.93. The molecule has 1 aliphatic rings. The lowest BCUT2D eigenvalue weighted by atomic mass is 9.84. The fourth-order valence-corrected chi connectivity index (χ4v) is 4.40. The van der Waals surface area contributed by atoms with E-state index in [4.69, 9.17) is 0 Å². The van der Waals surface area contributed by atoms with E-state index in [9.17, 15) is 8.42 Å². The van der Waals surface area contributed by atoms with Crippen LogP contribution in [0.5, 0.6) is 0 Å². The number of benzene rings is 1. The number of anilines is 1. The van der Waals surface area contributed by atoms with Crippen molar-refractivity contribution in [3.05, 3.63) is 24.3 Å². The second kappa shape index (κ2) is 5.51. The molecule has 1 fully saturated rings. The average molecular weight is 282 g/mol. The van der Waals surface area contributed by atoms with Crippen molar-refractivity contribution in [3.63, 3.8) is 0 Å². The van der Waals surface area contributed by atoms with Gasteiger partial charge in [0.25, 0.3) is 0 Å². The molecule has 0 radical (unpaired) electrons. The summed E-state index contributed by atoms with van der Waals surface area (Å²) in [5.41, 5.74) is 0.326. The molecule has 1 aliphatic carbocycles. The van der Waals surface area contributed by atoms with Crippen LogP contribution in [0.4, 0.5) is 5.69 Å². The van der Waals surface area contributed by atoms with E-state index in [2.05, 4.69) is 10.0 Å². The molecule has 0 aromatic heterocycles. The molecule has 1 saturated carbocycles. The van der Waals surface area contributed by atoms with E-state index in [-0.39, 0.29) is 5.54 Å². The third-order valence-corrected chi connectivity index (χ3v) is 5.48. The van der Waals surface area contributed by atoms with Crippen molar-refractivity contribution in [1.29, 1.82) is 0 Å². The van der Waals surface area contributed by atoms with E-state index < -0.39 is 10.0 Å². The van der Waals surface area contributed by atoms with Gasteiger partial charge in [0.2, 0.25) is 10.0 Å². The van der Waals surface area contributed by atoms with Crippen LogP contribution in [0.3, 0.4) is 0 Å². The zero-order valence-electron chi connectivity index (χ0n) is 11.6. The van der Waals surface area contributed by atoms with Gasteiger partial charge in [0.05, 0.1) is 5.69 Å². The van der Waals surface area contributed by atoms with Crippen molar-refractivity contribution in [2.45, 2.75) is 49.5 Å². The summed E-state index contributed by atoms with van der Waals surface area (Å²) in [5.74, 6) is 0. The Kier molecular flexibility index (Phi) is 4.16. The molecule has 0 atom stereocenters. The predicted molar refractivity (Wildman–Crippen MR) is 77.8 cm³/mol. The minimum Gasteiger partial charge on any atom is -0.387 e. The van der Waals surface area contributed by atoms with Gasteiger partial charge < -0.3 is 5.32 Å². The summed E-state index contributed by atoms with van der Waals surface area (Å²) in [6.07, 6.45) is 5.20. The van der Waals surface area contributed by atoms with E-state index >= 15 is 0 Å². The number of sulfonamides is 1. The zero-order valence-corrected chi connectivity index (χ0v) is 12.4. The van der Waals surface area contributed by atoms with Gasteiger partial charge in [-0.2, -0.15) is 0 Å². The monoisotopic (exact) mass is 282 g/mol. The lowest BCUT2D eigenvalue weighted by Gasteiger charge is -2.34. The van der Waals surface area contributed by atoms with Crippen molar-refractivity contribution in [2.24, 2.45) is 0 Å². The molecular formula is C14H22N2O2S. The molecule has 1 aromatic rings. The number of rotatable bonds is 4. The van der Waals surface area contributed by atoms with Gasteiger partial charge in [-0.3, -0.25) is 0 Å². The van der Waals surface area contributed by atoms with E-state index in [0.29, 0.717) is 10.6 Å². The Balaban J connectivity index is 2.27. The van der Waals surface area contributed by atoms with Crippen LogP contribution < -0.4 is 10.0 Å². The molecule has 0 aliphatic heterocycles. The molecule has 106 valence electrons. The molecule has 0 heterocycles. The van der Waals surface area contributed by atoms with Crippen molar-refractivity contribution in [1.82, 2.24) is 4.72 Å². The maximum atomic E-state index is 12.5. The molecule has 0 bridgehead atoms. The van der Waals surface area contributed by atoms with Gasteiger partial charge in [-0.1, -0.05) is 31.4 Å². The first-order valence-electron chi connectivity index (χ1n) is 6.78. The van der Waals surface area contributed by atoms with Gasteiger partial charge in [0, 0.05) is 12.6 Å². The fourth-order valence-electron chi connectivity index (χ4n) is 2.72. The standard InChI is InChI=1S/C14H22N2O2S/c1-14(10-6-3-7-11-14)16-19(17,18)13-9-5-4-8-12(13)15-2/h4-5,8-9,15-16H,3,6-7,10-11H2,1-2H3. The maximum Gasteiger partial charge on any atom is 0.243 e. The molecule has 1 aromatic carbocycles. The normalized spacial score (nSPS) is 19.1. The Morgan fingerprint density at radius 2 is 1.74 bits per heavy atom. The molecule has 0 saturated heterocycles. The van der Waals surface area contributed by atoms with Gasteiger partial charge in [0.15, 0.2) is 0 Å². The highest BCUT2D eigenvalue weighted by atomic mass is 32.2. The summed E-state index contributed by atoms with van der Waals surface area (Å²) in [4.78, 5) is 0.323. The highest BCUT2D eigenvalue weighted by Gasteiger charge is 2.32. The van der Waals surface area contributed by atoms with Crippen molar-refractivity contribution in [3.8, 4) is 0 Å². The van der Waals surface area contributed by atoms with Crippen LogP contribution in [0.1, 0.15) is 39.0 Å². The van der Waals surface area contributed by atoms with Crippen LogP contribution in [0.25, 0.3) is 0 Å². The SMILES string of the molecule is CNc1ccccc1S(=O)(=O)NC1(C)CCCCC1. The van der Waals surface area contributed by atoms with Gasteiger partial charge in [-0.05, 0) is 31.9 Å². The summed E-state index contributed by atoms with van der Waals surface area (Å²) in [6, 6.07) is 6.99. The fraction of sp³-hybridized carbons (Fsp3) is 0.571. The largest absolute Gasteiger partial charge is 0.387 e. The van der Waals surface area contributed by atoms with Gasteiger partial charge in [0.1, 0.15) is 4.90 Å². The van der Waals surface area contributed by atoms with E-state index in [1.165, 1.54) is 6.42 Å². The summed E-state index contributed by atoms with van der Waals surface area (Å²) in [7, 11) is -1.74. The first kappa shape index (κ1) is 14.3. The molecule has 0 unspecified atom stereocenters. The molecule has 2 rings (SSSR count). The van der Waals surface area contributed by atoms with Crippen LogP contribution >= 0.6 is 0 Å². The van der Waals surface area contributed by atoms with E-state index in [1.54, 1.807) is 25.2 Å². The minimum atomic E-state index is -3.47. The number of para-hydroxylation sites is 1. The van der Waals surface area contributed by atoms with Crippen molar-refractivity contribution >= 4 is 15.7 Å². The molecular weight excluding hydrogens is 260 g/mol. The number of hydrogen-bond acceptors (Lipinski definition) is 3. The first-order valence-corrected chi connectivity index (χ1v) is 8.26. The smallest absolute Gasteiger partial charge is 0.243 e. The Morgan fingerprint density at radius 1 is 1.11 bits per heavy atom. The summed E-state index contributed by atoms with van der Waals surface area (Å²) < 4.78 is 28.0. The Hall–Kier alpha value is -1.07. The lowest BCUT2D eigenvalue weighted by molar-refractivity contribution is 0.294. The van der Waals surface area contributed by atoms with Gasteiger partial charge >= 0.3 is 0 Å². The van der Waals surface area contributed by atoms with Crippen LogP contribution in [-0.4, -0.2) is 21.0 Å². The number of hydrogen-bond donors (Lipinski definition) is 2. The molecule has 2 N–H and O–H groups in total. The average Bonchev–Trinajstić information content (AvgIpc) is 2.38. The van der Waals surface area contributed by atoms with Crippen LogP contribution in [-0.2, 0) is 10.0 Å². The molecule has 4 nitrogen and oxygen atoms in total. The number of nitrogens with one attached hydrogen (secondary N) is 2. The minimum absolute atomic E-state index is 0.308. The van der Waals surface area contributed by atoms with E-state index in [1.807, 2.05) is 13.0 Å². The lowest BCUT2D eigenvalue weighted by Crippen LogP contribution is -2.47. The Labute approximate surface area is 115 Å². The second-order valence-corrected chi connectivity index (χ2v) is 7.12. The zero-order chi connectivity index (χ0) is 13.9. The summed E-state index contributed by atoms with van der Waals surface area (Å²) in [6.45, 7) is 2.01. The van der Waals surface area contributed by atoms with Crippen molar-refractivity contribution < 1.29 is 8.42 Å². The summed E-state index contributed by atoms with van der Waals surface area (Å²) >= 11 is 0. The first-order chi connectivity index (χ1) is 8.97. The second-order valence-electron chi connectivity index (χ2n) is 5.47. The van der Waals surface area contributed by atoms with Crippen LogP contribution in [0.15, 0.2) is 29.2 Å². The third-order valence-electron chi connectivity index (χ3n) is 3.78. The van der Waals surface area contributed by atoms with Crippen LogP contribution in [0, 0.1) is 0 Å². The predicted octanol–water partition coefficient (Wildman–Crippen LogP) is 2.73. The quantitative estimate of drug-likeness (QED) is 0.892. The Bertz CT molecular complexity index is 534. The molecule has 0 amide bonds. The highest BCUT2D eigenvalue weighted by molar-refractivity contribution is 7.89.